The van der Waals surface area contributed by atoms with Crippen LogP contribution >= 0.6 is 34.3 Å². The Morgan fingerprint density at radius 3 is 2.60 bits per heavy atom. The van der Waals surface area contributed by atoms with Gasteiger partial charge in [-0.3, -0.25) is 9.36 Å². The monoisotopic (exact) mass is 594 g/mol. The van der Waals surface area contributed by atoms with E-state index in [9.17, 15) is 9.59 Å². The van der Waals surface area contributed by atoms with E-state index in [0.29, 0.717) is 42.7 Å². The molecule has 0 aliphatic carbocycles. The van der Waals surface area contributed by atoms with Gasteiger partial charge in [-0.15, -0.1) is 11.3 Å². The molecule has 0 bridgehead atoms. The van der Waals surface area contributed by atoms with Crippen molar-refractivity contribution in [1.29, 1.82) is 0 Å². The van der Waals surface area contributed by atoms with E-state index >= 15 is 0 Å². The first-order valence-electron chi connectivity index (χ1n) is 12.7. The lowest BCUT2D eigenvalue weighted by atomic mass is 9.97. The molecule has 3 heterocycles. The Hall–Kier alpha value is -3.66. The highest BCUT2D eigenvalue weighted by Gasteiger charge is 2.35. The van der Waals surface area contributed by atoms with Gasteiger partial charge in [-0.25, -0.2) is 9.79 Å². The van der Waals surface area contributed by atoms with Crippen molar-refractivity contribution in [2.45, 2.75) is 32.9 Å². The summed E-state index contributed by atoms with van der Waals surface area (Å²) < 4.78 is 18.9. The number of methoxy groups -OCH3 is 1. The van der Waals surface area contributed by atoms with Gasteiger partial charge in [0.1, 0.15) is 6.04 Å². The number of nitrogens with zero attached hydrogens (tertiary/aromatic N) is 2. The fourth-order valence-corrected chi connectivity index (χ4v) is 6.57. The zero-order chi connectivity index (χ0) is 28.4. The Morgan fingerprint density at radius 1 is 1.18 bits per heavy atom. The summed E-state index contributed by atoms with van der Waals surface area (Å²) in [5.74, 6) is 0.407. The van der Waals surface area contributed by atoms with Crippen LogP contribution in [0.15, 0.2) is 75.3 Å². The van der Waals surface area contributed by atoms with Crippen molar-refractivity contribution in [3.05, 3.63) is 106 Å². The number of esters is 1. The van der Waals surface area contributed by atoms with Gasteiger partial charge in [0.15, 0.2) is 16.3 Å². The van der Waals surface area contributed by atoms with E-state index in [1.807, 2.05) is 61.7 Å². The molecule has 0 fully saturated rings. The zero-order valence-corrected chi connectivity index (χ0v) is 24.7. The maximum absolute atomic E-state index is 14.0. The number of carbonyl (C=O) groups is 1. The van der Waals surface area contributed by atoms with E-state index in [1.165, 1.54) is 22.7 Å². The van der Waals surface area contributed by atoms with E-state index in [2.05, 4.69) is 0 Å². The van der Waals surface area contributed by atoms with Crippen LogP contribution in [0.3, 0.4) is 0 Å². The SMILES string of the molecule is CCOC(=O)C1=C(c2ccccc2)N=c2s/c(=C\c3cc(Cl)c(OC(C)C)c(OC)c3)c(=O)n2[C@H]1c1cccs1. The molecule has 0 amide bonds. The lowest BCUT2D eigenvalue weighted by Gasteiger charge is -2.24. The third-order valence-electron chi connectivity index (χ3n) is 6.09. The Kier molecular flexibility index (Phi) is 8.25. The van der Waals surface area contributed by atoms with Crippen LogP contribution in [-0.4, -0.2) is 30.4 Å². The summed E-state index contributed by atoms with van der Waals surface area (Å²) in [7, 11) is 1.54. The van der Waals surface area contributed by atoms with E-state index in [-0.39, 0.29) is 18.3 Å². The highest BCUT2D eigenvalue weighted by Crippen LogP contribution is 2.38. The molecular formula is C30H27ClN2O5S2. The lowest BCUT2D eigenvalue weighted by molar-refractivity contribution is -0.138. The minimum atomic E-state index is -0.687. The van der Waals surface area contributed by atoms with E-state index in [0.717, 1.165) is 10.4 Å². The first-order chi connectivity index (χ1) is 19.3. The van der Waals surface area contributed by atoms with Crippen molar-refractivity contribution in [2.24, 2.45) is 4.99 Å². The fraction of sp³-hybridized carbons (Fsp3) is 0.233. The summed E-state index contributed by atoms with van der Waals surface area (Å²) in [6.07, 6.45) is 1.66. The summed E-state index contributed by atoms with van der Waals surface area (Å²) in [4.78, 5) is 33.6. The van der Waals surface area contributed by atoms with Gasteiger partial charge in [-0.1, -0.05) is 59.3 Å². The van der Waals surface area contributed by atoms with Crippen molar-refractivity contribution in [3.8, 4) is 11.5 Å². The number of benzene rings is 2. The molecule has 0 spiro atoms. The van der Waals surface area contributed by atoms with Crippen molar-refractivity contribution in [1.82, 2.24) is 4.57 Å². The minimum absolute atomic E-state index is 0.0920. The molecule has 0 N–H and O–H groups in total. The normalized spacial score (nSPS) is 15.2. The summed E-state index contributed by atoms with van der Waals surface area (Å²) in [5, 5.41) is 2.30. The number of rotatable bonds is 8. The standard InChI is InChI=1S/C30H27ClN2O5S2/c1-5-37-29(35)24-25(19-10-7-6-8-11-19)32-30-33(26(24)22-12-9-13-39-22)28(34)23(40-30)16-18-14-20(31)27(38-17(2)3)21(15-18)36-4/h6-17,26H,5H2,1-4H3/b23-16-/t26-/m0/s1. The highest BCUT2D eigenvalue weighted by molar-refractivity contribution is 7.10. The van der Waals surface area contributed by atoms with Crippen molar-refractivity contribution in [2.75, 3.05) is 13.7 Å². The summed E-state index contributed by atoms with van der Waals surface area (Å²) in [6, 6.07) is 16.1. The van der Waals surface area contributed by atoms with Crippen LogP contribution in [0, 0.1) is 0 Å². The maximum atomic E-state index is 14.0. The smallest absolute Gasteiger partial charge is 0.338 e. The van der Waals surface area contributed by atoms with Gasteiger partial charge in [0.2, 0.25) is 0 Å². The largest absolute Gasteiger partial charge is 0.493 e. The van der Waals surface area contributed by atoms with Crippen LogP contribution < -0.4 is 24.4 Å². The molecule has 10 heteroatoms. The lowest BCUT2D eigenvalue weighted by Crippen LogP contribution is -2.39. The number of thiazole rings is 1. The number of aromatic nitrogens is 1. The Labute approximate surface area is 244 Å². The molecule has 0 saturated heterocycles. The third-order valence-corrected chi connectivity index (χ3v) is 8.28. The summed E-state index contributed by atoms with van der Waals surface area (Å²) >= 11 is 9.26. The molecule has 5 rings (SSSR count). The molecule has 1 aliphatic rings. The van der Waals surface area contributed by atoms with E-state index < -0.39 is 12.0 Å². The number of hydrogen-bond acceptors (Lipinski definition) is 8. The second-order valence-electron chi connectivity index (χ2n) is 9.15. The molecule has 206 valence electrons. The van der Waals surface area contributed by atoms with Gasteiger partial charge in [0.05, 0.1) is 40.6 Å². The highest BCUT2D eigenvalue weighted by atomic mass is 35.5. The Balaban J connectivity index is 1.75. The predicted molar refractivity (Wildman–Crippen MR) is 159 cm³/mol. The van der Waals surface area contributed by atoms with Crippen LogP contribution in [-0.2, 0) is 9.53 Å². The second-order valence-corrected chi connectivity index (χ2v) is 11.5. The second kappa shape index (κ2) is 11.8. The molecule has 2 aromatic carbocycles. The first-order valence-corrected chi connectivity index (χ1v) is 14.8. The van der Waals surface area contributed by atoms with Gasteiger partial charge < -0.3 is 14.2 Å². The van der Waals surface area contributed by atoms with Gasteiger partial charge in [0.25, 0.3) is 5.56 Å². The summed E-state index contributed by atoms with van der Waals surface area (Å²) in [6.45, 7) is 5.77. The third kappa shape index (κ3) is 5.37. The molecule has 40 heavy (non-hydrogen) atoms. The Morgan fingerprint density at radius 2 is 1.95 bits per heavy atom. The minimum Gasteiger partial charge on any atom is -0.493 e. The first kappa shape index (κ1) is 27.9. The van der Waals surface area contributed by atoms with Crippen molar-refractivity contribution < 1.29 is 19.0 Å². The number of fused-ring (bicyclic) bond motifs is 1. The molecule has 2 aromatic heterocycles. The molecule has 0 radical (unpaired) electrons. The average molecular weight is 595 g/mol. The maximum Gasteiger partial charge on any atom is 0.338 e. The van der Waals surface area contributed by atoms with Crippen LogP contribution in [0.4, 0.5) is 0 Å². The number of thiophene rings is 1. The molecule has 0 saturated carbocycles. The number of ether oxygens (including phenoxy) is 3. The Bertz CT molecular complexity index is 1760. The van der Waals surface area contributed by atoms with Crippen molar-refractivity contribution >= 4 is 52.0 Å². The molecule has 1 aliphatic heterocycles. The van der Waals surface area contributed by atoms with E-state index in [1.54, 1.807) is 36.8 Å². The number of halogens is 1. The van der Waals surface area contributed by atoms with Crippen LogP contribution in [0.25, 0.3) is 11.8 Å². The van der Waals surface area contributed by atoms with Gasteiger partial charge in [-0.2, -0.15) is 0 Å². The number of carbonyl (C=O) groups excluding carboxylic acids is 1. The van der Waals surface area contributed by atoms with Gasteiger partial charge in [0, 0.05) is 10.4 Å². The fourth-order valence-electron chi connectivity index (χ4n) is 4.48. The molecule has 7 nitrogen and oxygen atoms in total. The van der Waals surface area contributed by atoms with Crippen molar-refractivity contribution in [3.63, 3.8) is 0 Å². The van der Waals surface area contributed by atoms with Gasteiger partial charge in [-0.05, 0) is 56.0 Å². The molecule has 1 atom stereocenters. The molecule has 0 unspecified atom stereocenters. The van der Waals surface area contributed by atoms with Crippen LogP contribution in [0.5, 0.6) is 11.5 Å². The molecular weight excluding hydrogens is 568 g/mol. The average Bonchev–Trinajstić information content (AvgIpc) is 3.58. The van der Waals surface area contributed by atoms with Crippen LogP contribution in [0.1, 0.15) is 42.8 Å². The topological polar surface area (TPSA) is 79.1 Å². The predicted octanol–water partition coefficient (Wildman–Crippen LogP) is 5.45. The quantitative estimate of drug-likeness (QED) is 0.254. The van der Waals surface area contributed by atoms with Crippen LogP contribution in [0.2, 0.25) is 5.02 Å². The zero-order valence-electron chi connectivity index (χ0n) is 22.3. The number of hydrogen-bond donors (Lipinski definition) is 0. The van der Waals surface area contributed by atoms with Gasteiger partial charge >= 0.3 is 5.97 Å². The summed E-state index contributed by atoms with van der Waals surface area (Å²) in [5.41, 5.74) is 1.99. The molecule has 4 aromatic rings. The van der Waals surface area contributed by atoms with E-state index in [4.69, 9.17) is 30.8 Å².